The SMILES string of the molecule is c1ccc2cc(-c3c4ccccc4c(-c4cc5ccccc5c5ccccc45)c4ccc(-c5cccc6ccccc56)cc34)ccc2c1. The first kappa shape index (κ1) is 26.9. The molecule has 10 rings (SSSR count). The minimum absolute atomic E-state index is 1.23. The second-order valence-electron chi connectivity index (χ2n) is 12.8. The molecule has 0 saturated carbocycles. The normalized spacial score (nSPS) is 11.8. The van der Waals surface area contributed by atoms with E-state index in [0.29, 0.717) is 0 Å². The largest absolute Gasteiger partial charge is 0.0616 e. The van der Waals surface area contributed by atoms with Crippen LogP contribution in [-0.4, -0.2) is 0 Å². The Morgan fingerprint density at radius 1 is 0.208 bits per heavy atom. The van der Waals surface area contributed by atoms with Crippen LogP contribution < -0.4 is 0 Å². The van der Waals surface area contributed by atoms with Gasteiger partial charge in [-0.3, -0.25) is 0 Å². The van der Waals surface area contributed by atoms with Crippen molar-refractivity contribution in [3.63, 3.8) is 0 Å². The minimum atomic E-state index is 1.23. The topological polar surface area (TPSA) is 0 Å². The van der Waals surface area contributed by atoms with E-state index >= 15 is 0 Å². The van der Waals surface area contributed by atoms with Crippen LogP contribution in [0.5, 0.6) is 0 Å². The van der Waals surface area contributed by atoms with E-state index in [0.717, 1.165) is 0 Å². The van der Waals surface area contributed by atoms with Crippen molar-refractivity contribution in [3.05, 3.63) is 182 Å². The summed E-state index contributed by atoms with van der Waals surface area (Å²) in [6, 6.07) is 67.2. The second kappa shape index (κ2) is 10.7. The van der Waals surface area contributed by atoms with Crippen molar-refractivity contribution in [1.82, 2.24) is 0 Å². The van der Waals surface area contributed by atoms with Crippen molar-refractivity contribution in [1.29, 1.82) is 0 Å². The van der Waals surface area contributed by atoms with Crippen LogP contribution >= 0.6 is 0 Å². The Balaban J connectivity index is 1.38. The predicted molar refractivity (Wildman–Crippen MR) is 208 cm³/mol. The summed E-state index contributed by atoms with van der Waals surface area (Å²) < 4.78 is 0. The molecule has 10 aromatic rings. The first-order chi connectivity index (χ1) is 23.8. The highest BCUT2D eigenvalue weighted by atomic mass is 14.2. The van der Waals surface area contributed by atoms with Crippen LogP contribution in [0.25, 0.3) is 98.0 Å². The minimum Gasteiger partial charge on any atom is -0.0616 e. The summed E-state index contributed by atoms with van der Waals surface area (Å²) in [5, 5.41) is 15.2. The van der Waals surface area contributed by atoms with Gasteiger partial charge in [0.05, 0.1) is 0 Å². The fourth-order valence-electron chi connectivity index (χ4n) is 8.03. The fraction of sp³-hybridized carbons (Fsp3) is 0. The maximum Gasteiger partial charge on any atom is -0.00199 e. The van der Waals surface area contributed by atoms with Crippen molar-refractivity contribution < 1.29 is 0 Å². The monoisotopic (exact) mass is 606 g/mol. The van der Waals surface area contributed by atoms with Gasteiger partial charge in [0.25, 0.3) is 0 Å². The maximum atomic E-state index is 2.45. The molecule has 0 heteroatoms. The lowest BCUT2D eigenvalue weighted by Gasteiger charge is -2.21. The molecule has 0 fully saturated rings. The molecule has 0 nitrogen and oxygen atoms in total. The van der Waals surface area contributed by atoms with Crippen LogP contribution in [0.1, 0.15) is 0 Å². The summed E-state index contributed by atoms with van der Waals surface area (Å²) in [4.78, 5) is 0. The molecule has 0 unspecified atom stereocenters. The summed E-state index contributed by atoms with van der Waals surface area (Å²) in [6.45, 7) is 0. The second-order valence-corrected chi connectivity index (χ2v) is 12.8. The molecular formula is C48H30. The molecule has 0 saturated heterocycles. The number of fused-ring (bicyclic) bond motifs is 7. The van der Waals surface area contributed by atoms with Gasteiger partial charge in [-0.2, -0.15) is 0 Å². The summed E-state index contributed by atoms with van der Waals surface area (Å²) in [5.74, 6) is 0. The fourth-order valence-corrected chi connectivity index (χ4v) is 8.03. The molecule has 0 aromatic heterocycles. The summed E-state index contributed by atoms with van der Waals surface area (Å²) in [5.41, 5.74) is 7.56. The molecule has 0 amide bonds. The number of rotatable bonds is 3. The van der Waals surface area contributed by atoms with E-state index in [2.05, 4.69) is 182 Å². The highest BCUT2D eigenvalue weighted by molar-refractivity contribution is 6.26. The number of hydrogen-bond acceptors (Lipinski definition) is 0. The molecule has 0 spiro atoms. The molecule has 0 aliphatic rings. The molecule has 0 bridgehead atoms. The standard InChI is InChI=1S/C48H30/c1-2-14-33-28-36(25-24-31(33)12-1)47-42-21-9-10-22-43(42)48(45-29-34-15-4-6-18-39(34)40-19-7-8-20-41(40)45)44-27-26-35(30-46(44)47)38-23-11-16-32-13-3-5-17-37(32)38/h1-30H. The lowest BCUT2D eigenvalue weighted by atomic mass is 9.82. The zero-order valence-corrected chi connectivity index (χ0v) is 26.3. The Morgan fingerprint density at radius 3 is 1.58 bits per heavy atom. The van der Waals surface area contributed by atoms with Gasteiger partial charge in [0.2, 0.25) is 0 Å². The van der Waals surface area contributed by atoms with Crippen LogP contribution in [0.2, 0.25) is 0 Å². The van der Waals surface area contributed by atoms with Crippen LogP contribution in [-0.2, 0) is 0 Å². The van der Waals surface area contributed by atoms with E-state index in [-0.39, 0.29) is 0 Å². The first-order valence-electron chi connectivity index (χ1n) is 16.7. The lowest BCUT2D eigenvalue weighted by molar-refractivity contribution is 1.66. The third-order valence-electron chi connectivity index (χ3n) is 10.2. The van der Waals surface area contributed by atoms with Gasteiger partial charge in [0.15, 0.2) is 0 Å². The van der Waals surface area contributed by atoms with E-state index in [9.17, 15) is 0 Å². The van der Waals surface area contributed by atoms with Gasteiger partial charge in [-0.25, -0.2) is 0 Å². The van der Waals surface area contributed by atoms with Gasteiger partial charge < -0.3 is 0 Å². The molecule has 0 aliphatic carbocycles. The maximum absolute atomic E-state index is 2.45. The molecule has 0 heterocycles. The summed E-state index contributed by atoms with van der Waals surface area (Å²) in [6.07, 6.45) is 0. The molecule has 48 heavy (non-hydrogen) atoms. The van der Waals surface area contributed by atoms with E-state index in [1.807, 2.05) is 0 Å². The zero-order chi connectivity index (χ0) is 31.6. The molecular weight excluding hydrogens is 577 g/mol. The zero-order valence-electron chi connectivity index (χ0n) is 26.3. The van der Waals surface area contributed by atoms with Gasteiger partial charge in [0.1, 0.15) is 0 Å². The van der Waals surface area contributed by atoms with E-state index in [1.54, 1.807) is 0 Å². The summed E-state index contributed by atoms with van der Waals surface area (Å²) in [7, 11) is 0. The van der Waals surface area contributed by atoms with Gasteiger partial charge in [-0.15, -0.1) is 0 Å². The Labute approximate surface area is 279 Å². The van der Waals surface area contributed by atoms with E-state index in [4.69, 9.17) is 0 Å². The molecule has 0 atom stereocenters. The van der Waals surface area contributed by atoms with Crippen LogP contribution in [0.3, 0.4) is 0 Å². The van der Waals surface area contributed by atoms with Crippen LogP contribution in [0.15, 0.2) is 182 Å². The van der Waals surface area contributed by atoms with Crippen molar-refractivity contribution in [2.75, 3.05) is 0 Å². The van der Waals surface area contributed by atoms with Crippen molar-refractivity contribution >= 4 is 64.6 Å². The summed E-state index contributed by atoms with van der Waals surface area (Å²) >= 11 is 0. The van der Waals surface area contributed by atoms with E-state index < -0.39 is 0 Å². The molecule has 222 valence electrons. The van der Waals surface area contributed by atoms with E-state index in [1.165, 1.54) is 98.0 Å². The number of hydrogen-bond donors (Lipinski definition) is 0. The molecule has 10 aromatic carbocycles. The molecule has 0 N–H and O–H groups in total. The third kappa shape index (κ3) is 4.10. The van der Waals surface area contributed by atoms with Gasteiger partial charge in [-0.05, 0) is 116 Å². The van der Waals surface area contributed by atoms with Crippen molar-refractivity contribution in [3.8, 4) is 33.4 Å². The highest BCUT2D eigenvalue weighted by Gasteiger charge is 2.20. The Hall–Kier alpha value is -6.24. The third-order valence-corrected chi connectivity index (χ3v) is 10.2. The van der Waals surface area contributed by atoms with Gasteiger partial charge >= 0.3 is 0 Å². The molecule has 0 radical (unpaired) electrons. The highest BCUT2D eigenvalue weighted by Crippen LogP contribution is 2.48. The van der Waals surface area contributed by atoms with Gasteiger partial charge in [0, 0.05) is 0 Å². The Morgan fingerprint density at radius 2 is 0.771 bits per heavy atom. The average Bonchev–Trinajstić information content (AvgIpc) is 3.16. The van der Waals surface area contributed by atoms with Crippen molar-refractivity contribution in [2.45, 2.75) is 0 Å². The lowest BCUT2D eigenvalue weighted by Crippen LogP contribution is -1.93. The predicted octanol–water partition coefficient (Wildman–Crippen LogP) is 13.6. The Kier molecular flexibility index (Phi) is 5.98. The number of benzene rings is 10. The quantitative estimate of drug-likeness (QED) is 0.139. The smallest absolute Gasteiger partial charge is 0.00199 e. The molecule has 0 aliphatic heterocycles. The average molecular weight is 607 g/mol. The first-order valence-corrected chi connectivity index (χ1v) is 16.7. The van der Waals surface area contributed by atoms with Gasteiger partial charge in [-0.1, -0.05) is 164 Å². The Bertz CT molecular complexity index is 2890. The van der Waals surface area contributed by atoms with Crippen LogP contribution in [0.4, 0.5) is 0 Å². The van der Waals surface area contributed by atoms with Crippen molar-refractivity contribution in [2.24, 2.45) is 0 Å². The van der Waals surface area contributed by atoms with Crippen LogP contribution in [0, 0.1) is 0 Å².